The zero-order valence-electron chi connectivity index (χ0n) is 9.03. The quantitative estimate of drug-likeness (QED) is 0.807. The first kappa shape index (κ1) is 11.3. The van der Waals surface area contributed by atoms with Gasteiger partial charge in [0.05, 0.1) is 17.7 Å². The number of aliphatic hydroxyl groups is 1. The fraction of sp³-hybridized carbons (Fsp3) is 0.333. The van der Waals surface area contributed by atoms with Crippen molar-refractivity contribution in [3.05, 3.63) is 30.0 Å². The molecular formula is C12H14ClNO2. The third-order valence-corrected chi connectivity index (χ3v) is 2.73. The summed E-state index contributed by atoms with van der Waals surface area (Å²) in [4.78, 5) is 0. The minimum atomic E-state index is -0.548. The SMILES string of the molecule is Cc1cc2cccc(NCC(O)CCl)c2o1. The minimum absolute atomic E-state index is 0.222. The standard InChI is InChI=1S/C12H14ClNO2/c1-8-5-9-3-2-4-11(12(9)16-8)14-7-10(15)6-13/h2-5,10,14-15H,6-7H2,1H3. The van der Waals surface area contributed by atoms with E-state index in [0.717, 1.165) is 22.4 Å². The Hall–Kier alpha value is -1.19. The zero-order valence-corrected chi connectivity index (χ0v) is 9.79. The minimum Gasteiger partial charge on any atom is -0.459 e. The summed E-state index contributed by atoms with van der Waals surface area (Å²) >= 11 is 5.53. The van der Waals surface area contributed by atoms with Crippen LogP contribution in [0.3, 0.4) is 0 Å². The summed E-state index contributed by atoms with van der Waals surface area (Å²) in [6, 6.07) is 7.85. The van der Waals surface area contributed by atoms with E-state index in [1.54, 1.807) is 0 Å². The van der Waals surface area contributed by atoms with Crippen molar-refractivity contribution in [2.75, 3.05) is 17.7 Å². The lowest BCUT2D eigenvalue weighted by Gasteiger charge is -2.09. The Morgan fingerprint density at radius 1 is 1.50 bits per heavy atom. The van der Waals surface area contributed by atoms with Crippen molar-refractivity contribution in [2.24, 2.45) is 0 Å². The number of benzene rings is 1. The Bertz CT molecular complexity index is 481. The monoisotopic (exact) mass is 239 g/mol. The number of anilines is 1. The summed E-state index contributed by atoms with van der Waals surface area (Å²) in [5, 5.41) is 13.6. The molecule has 0 radical (unpaired) electrons. The molecule has 0 saturated heterocycles. The van der Waals surface area contributed by atoms with Gasteiger partial charge in [-0.3, -0.25) is 0 Å². The van der Waals surface area contributed by atoms with E-state index in [0.29, 0.717) is 6.54 Å². The number of aryl methyl sites for hydroxylation is 1. The van der Waals surface area contributed by atoms with Crippen LogP contribution >= 0.6 is 11.6 Å². The average molecular weight is 240 g/mol. The largest absolute Gasteiger partial charge is 0.459 e. The molecule has 1 heterocycles. The highest BCUT2D eigenvalue weighted by Gasteiger charge is 2.07. The van der Waals surface area contributed by atoms with Gasteiger partial charge in [-0.25, -0.2) is 0 Å². The molecule has 3 nitrogen and oxygen atoms in total. The summed E-state index contributed by atoms with van der Waals surface area (Å²) in [5.74, 6) is 1.10. The number of hydrogen-bond acceptors (Lipinski definition) is 3. The van der Waals surface area contributed by atoms with Gasteiger partial charge in [-0.2, -0.15) is 0 Å². The molecule has 0 spiro atoms. The summed E-state index contributed by atoms with van der Waals surface area (Å²) in [6.07, 6.45) is -0.548. The molecule has 0 saturated carbocycles. The van der Waals surface area contributed by atoms with E-state index in [9.17, 15) is 5.11 Å². The van der Waals surface area contributed by atoms with Gasteiger partial charge < -0.3 is 14.8 Å². The van der Waals surface area contributed by atoms with Crippen molar-refractivity contribution < 1.29 is 9.52 Å². The molecule has 1 aromatic carbocycles. The molecule has 0 amide bonds. The molecule has 0 bridgehead atoms. The molecule has 2 aromatic rings. The molecular weight excluding hydrogens is 226 g/mol. The molecule has 1 atom stereocenters. The molecule has 0 aliphatic heterocycles. The molecule has 0 aliphatic rings. The van der Waals surface area contributed by atoms with E-state index in [2.05, 4.69) is 5.32 Å². The van der Waals surface area contributed by atoms with Crippen molar-refractivity contribution in [3.63, 3.8) is 0 Å². The van der Waals surface area contributed by atoms with Crippen LogP contribution in [-0.4, -0.2) is 23.6 Å². The second-order valence-electron chi connectivity index (χ2n) is 3.77. The van der Waals surface area contributed by atoms with Gasteiger partial charge in [0.25, 0.3) is 0 Å². The molecule has 1 aromatic heterocycles. The maximum atomic E-state index is 9.37. The number of fused-ring (bicyclic) bond motifs is 1. The number of alkyl halides is 1. The first-order valence-electron chi connectivity index (χ1n) is 5.18. The molecule has 0 fully saturated rings. The van der Waals surface area contributed by atoms with Gasteiger partial charge >= 0.3 is 0 Å². The van der Waals surface area contributed by atoms with Crippen molar-refractivity contribution in [3.8, 4) is 0 Å². The lowest BCUT2D eigenvalue weighted by atomic mass is 10.2. The number of furan rings is 1. The second kappa shape index (κ2) is 4.76. The van der Waals surface area contributed by atoms with Crippen LogP contribution in [0.2, 0.25) is 0 Å². The van der Waals surface area contributed by atoms with E-state index >= 15 is 0 Å². The highest BCUT2D eigenvalue weighted by Crippen LogP contribution is 2.26. The van der Waals surface area contributed by atoms with Crippen molar-refractivity contribution in [2.45, 2.75) is 13.0 Å². The summed E-state index contributed by atoms with van der Waals surface area (Å²) in [5.41, 5.74) is 1.71. The van der Waals surface area contributed by atoms with Gasteiger partial charge in [0.2, 0.25) is 0 Å². The number of para-hydroxylation sites is 1. The van der Waals surface area contributed by atoms with Crippen LogP contribution in [0.25, 0.3) is 11.0 Å². The van der Waals surface area contributed by atoms with Gasteiger partial charge in [-0.15, -0.1) is 11.6 Å². The first-order chi connectivity index (χ1) is 7.70. The third-order valence-electron chi connectivity index (χ3n) is 2.37. The van der Waals surface area contributed by atoms with E-state index in [4.69, 9.17) is 16.0 Å². The van der Waals surface area contributed by atoms with E-state index in [1.165, 1.54) is 0 Å². The Kier molecular flexibility index (Phi) is 3.36. The topological polar surface area (TPSA) is 45.4 Å². The van der Waals surface area contributed by atoms with Crippen LogP contribution in [0, 0.1) is 6.92 Å². The Labute approximate surface area is 99.0 Å². The van der Waals surface area contributed by atoms with Crippen molar-refractivity contribution in [1.82, 2.24) is 0 Å². The second-order valence-corrected chi connectivity index (χ2v) is 4.08. The summed E-state index contributed by atoms with van der Waals surface area (Å²) in [7, 11) is 0. The predicted octanol–water partition coefficient (Wildman–Crippen LogP) is 2.75. The fourth-order valence-corrected chi connectivity index (χ4v) is 1.72. The van der Waals surface area contributed by atoms with Crippen LogP contribution in [0.4, 0.5) is 5.69 Å². The van der Waals surface area contributed by atoms with E-state index in [1.807, 2.05) is 31.2 Å². The highest BCUT2D eigenvalue weighted by molar-refractivity contribution is 6.18. The van der Waals surface area contributed by atoms with Crippen LogP contribution < -0.4 is 5.32 Å². The lowest BCUT2D eigenvalue weighted by molar-refractivity contribution is 0.211. The maximum Gasteiger partial charge on any atom is 0.157 e. The number of rotatable bonds is 4. The first-order valence-corrected chi connectivity index (χ1v) is 5.71. The van der Waals surface area contributed by atoms with E-state index < -0.39 is 6.10 Å². The number of halogens is 1. The van der Waals surface area contributed by atoms with Gasteiger partial charge in [0, 0.05) is 11.9 Å². The van der Waals surface area contributed by atoms with Crippen LogP contribution in [-0.2, 0) is 0 Å². The zero-order chi connectivity index (χ0) is 11.5. The third kappa shape index (κ3) is 2.31. The molecule has 0 aliphatic carbocycles. The smallest absolute Gasteiger partial charge is 0.157 e. The Morgan fingerprint density at radius 2 is 2.31 bits per heavy atom. The van der Waals surface area contributed by atoms with Crippen molar-refractivity contribution in [1.29, 1.82) is 0 Å². The molecule has 4 heteroatoms. The van der Waals surface area contributed by atoms with E-state index in [-0.39, 0.29) is 5.88 Å². The molecule has 1 unspecified atom stereocenters. The van der Waals surface area contributed by atoms with Crippen LogP contribution in [0.15, 0.2) is 28.7 Å². The Balaban J connectivity index is 2.23. The molecule has 16 heavy (non-hydrogen) atoms. The molecule has 2 N–H and O–H groups in total. The normalized spacial score (nSPS) is 12.9. The number of nitrogens with one attached hydrogen (secondary N) is 1. The number of hydrogen-bond donors (Lipinski definition) is 2. The number of aliphatic hydroxyl groups excluding tert-OH is 1. The predicted molar refractivity (Wildman–Crippen MR) is 66.2 cm³/mol. The fourth-order valence-electron chi connectivity index (χ4n) is 1.61. The average Bonchev–Trinajstić information content (AvgIpc) is 2.66. The van der Waals surface area contributed by atoms with Gasteiger partial charge in [-0.1, -0.05) is 12.1 Å². The van der Waals surface area contributed by atoms with Crippen LogP contribution in [0.1, 0.15) is 5.76 Å². The summed E-state index contributed by atoms with van der Waals surface area (Å²) < 4.78 is 5.59. The maximum absolute atomic E-state index is 9.37. The van der Waals surface area contributed by atoms with Gasteiger partial charge in [-0.05, 0) is 19.1 Å². The van der Waals surface area contributed by atoms with Crippen molar-refractivity contribution >= 4 is 28.3 Å². The van der Waals surface area contributed by atoms with Crippen LogP contribution in [0.5, 0.6) is 0 Å². The van der Waals surface area contributed by atoms with Gasteiger partial charge in [0.15, 0.2) is 5.58 Å². The highest BCUT2D eigenvalue weighted by atomic mass is 35.5. The Morgan fingerprint density at radius 3 is 3.06 bits per heavy atom. The van der Waals surface area contributed by atoms with Gasteiger partial charge in [0.1, 0.15) is 5.76 Å². The molecule has 86 valence electrons. The lowest BCUT2D eigenvalue weighted by Crippen LogP contribution is -2.20. The molecule has 2 rings (SSSR count). The summed E-state index contributed by atoms with van der Waals surface area (Å²) in [6.45, 7) is 2.33.